The number of carbonyl (C=O) groups excluding carboxylic acids is 1. The van der Waals surface area contributed by atoms with Crippen LogP contribution in [0.2, 0.25) is 0 Å². The van der Waals surface area contributed by atoms with E-state index in [1.54, 1.807) is 0 Å². The van der Waals surface area contributed by atoms with E-state index in [9.17, 15) is 4.79 Å². The minimum Gasteiger partial charge on any atom is -0.379 e. The minimum absolute atomic E-state index is 0.272. The summed E-state index contributed by atoms with van der Waals surface area (Å²) in [4.78, 5) is 13.5. The van der Waals surface area contributed by atoms with Crippen LogP contribution in [-0.4, -0.2) is 55.7 Å². The summed E-state index contributed by atoms with van der Waals surface area (Å²) in [5, 5.41) is 4.24. The summed E-state index contributed by atoms with van der Waals surface area (Å²) in [6.45, 7) is 4.30. The van der Waals surface area contributed by atoms with Crippen molar-refractivity contribution in [2.75, 3.05) is 32.8 Å². The molecule has 2 rings (SSSR count). The van der Waals surface area contributed by atoms with Gasteiger partial charge < -0.3 is 10.5 Å². The number of primary amides is 1. The number of ether oxygens (including phenoxy) is 1. The van der Waals surface area contributed by atoms with Crippen LogP contribution in [-0.2, 0) is 9.53 Å². The van der Waals surface area contributed by atoms with Crippen LogP contribution in [0.15, 0.2) is 0 Å². The zero-order valence-corrected chi connectivity index (χ0v) is 8.89. The highest BCUT2D eigenvalue weighted by Gasteiger charge is 2.30. The molecule has 2 heterocycles. The SMILES string of the molecule is NC(=O)C1CC(N2CCOCC2)CC[N]1. The van der Waals surface area contributed by atoms with Gasteiger partial charge in [-0.15, -0.1) is 0 Å². The van der Waals surface area contributed by atoms with E-state index in [0.29, 0.717) is 6.04 Å². The second kappa shape index (κ2) is 4.92. The number of carbonyl (C=O) groups is 1. The molecule has 2 aliphatic heterocycles. The Labute approximate surface area is 89.9 Å². The number of nitrogens with zero attached hydrogens (tertiary/aromatic N) is 2. The molecular formula is C10H18N3O2. The Bertz CT molecular complexity index is 229. The molecule has 0 aliphatic carbocycles. The summed E-state index contributed by atoms with van der Waals surface area (Å²) in [5.41, 5.74) is 5.28. The normalized spacial score (nSPS) is 33.9. The lowest BCUT2D eigenvalue weighted by atomic mass is 9.97. The van der Waals surface area contributed by atoms with Gasteiger partial charge in [0.15, 0.2) is 0 Å². The fraction of sp³-hybridized carbons (Fsp3) is 0.900. The third-order valence-electron chi connectivity index (χ3n) is 3.20. The van der Waals surface area contributed by atoms with Crippen molar-refractivity contribution < 1.29 is 9.53 Å². The van der Waals surface area contributed by atoms with Gasteiger partial charge in [0.25, 0.3) is 0 Å². The number of piperidine rings is 1. The molecule has 2 fully saturated rings. The van der Waals surface area contributed by atoms with Crippen LogP contribution in [0.25, 0.3) is 0 Å². The Hall–Kier alpha value is -0.650. The first kappa shape index (κ1) is 10.9. The second-order valence-electron chi connectivity index (χ2n) is 4.15. The number of nitrogens with two attached hydrogens (primary N) is 1. The quantitative estimate of drug-likeness (QED) is 0.634. The van der Waals surface area contributed by atoms with E-state index in [4.69, 9.17) is 10.5 Å². The van der Waals surface area contributed by atoms with Gasteiger partial charge in [-0.1, -0.05) is 0 Å². The monoisotopic (exact) mass is 212 g/mol. The zero-order chi connectivity index (χ0) is 10.7. The van der Waals surface area contributed by atoms with Crippen molar-refractivity contribution in [3.05, 3.63) is 0 Å². The van der Waals surface area contributed by atoms with Gasteiger partial charge in [-0.3, -0.25) is 9.69 Å². The van der Waals surface area contributed by atoms with Crippen molar-refractivity contribution in [1.82, 2.24) is 10.2 Å². The predicted octanol–water partition coefficient (Wildman–Crippen LogP) is -1.06. The lowest BCUT2D eigenvalue weighted by molar-refractivity contribution is -0.121. The van der Waals surface area contributed by atoms with Crippen LogP contribution in [0.1, 0.15) is 12.8 Å². The molecule has 2 saturated heterocycles. The average molecular weight is 212 g/mol. The maximum absolute atomic E-state index is 11.1. The van der Waals surface area contributed by atoms with E-state index in [2.05, 4.69) is 10.2 Å². The van der Waals surface area contributed by atoms with Gasteiger partial charge >= 0.3 is 0 Å². The molecule has 5 nitrogen and oxygen atoms in total. The van der Waals surface area contributed by atoms with Gasteiger partial charge in [-0.25, -0.2) is 5.32 Å². The van der Waals surface area contributed by atoms with Crippen molar-refractivity contribution in [2.24, 2.45) is 5.73 Å². The third kappa shape index (κ3) is 2.68. The number of morpholine rings is 1. The van der Waals surface area contributed by atoms with Gasteiger partial charge in [0.1, 0.15) is 6.04 Å². The smallest absolute Gasteiger partial charge is 0.236 e. The zero-order valence-electron chi connectivity index (χ0n) is 8.89. The summed E-state index contributed by atoms with van der Waals surface area (Å²) in [6, 6.07) is 0.190. The molecule has 0 saturated carbocycles. The maximum atomic E-state index is 11.1. The largest absolute Gasteiger partial charge is 0.379 e. The fourth-order valence-electron chi connectivity index (χ4n) is 2.31. The van der Waals surface area contributed by atoms with E-state index in [-0.39, 0.29) is 11.9 Å². The third-order valence-corrected chi connectivity index (χ3v) is 3.20. The molecule has 0 aromatic carbocycles. The molecule has 85 valence electrons. The molecule has 5 heteroatoms. The van der Waals surface area contributed by atoms with Gasteiger partial charge in [-0.05, 0) is 12.8 Å². The molecule has 2 aliphatic rings. The molecular weight excluding hydrogens is 194 g/mol. The Morgan fingerprint density at radius 3 is 2.80 bits per heavy atom. The van der Waals surface area contributed by atoms with E-state index in [1.165, 1.54) is 0 Å². The topological polar surface area (TPSA) is 69.7 Å². The first-order valence-corrected chi connectivity index (χ1v) is 5.55. The van der Waals surface area contributed by atoms with E-state index in [0.717, 1.165) is 45.7 Å². The molecule has 2 N–H and O–H groups in total. The number of hydrogen-bond acceptors (Lipinski definition) is 3. The molecule has 0 aromatic rings. The molecule has 2 unspecified atom stereocenters. The van der Waals surface area contributed by atoms with Gasteiger partial charge in [0, 0.05) is 25.7 Å². The Morgan fingerprint density at radius 2 is 2.13 bits per heavy atom. The van der Waals surface area contributed by atoms with Crippen LogP contribution in [0, 0.1) is 0 Å². The first-order chi connectivity index (χ1) is 7.27. The molecule has 15 heavy (non-hydrogen) atoms. The van der Waals surface area contributed by atoms with Crippen molar-refractivity contribution >= 4 is 5.91 Å². The fourth-order valence-corrected chi connectivity index (χ4v) is 2.31. The molecule has 1 radical (unpaired) electrons. The van der Waals surface area contributed by atoms with Crippen LogP contribution in [0.3, 0.4) is 0 Å². The summed E-state index contributed by atoms with van der Waals surface area (Å²) < 4.78 is 5.31. The highest BCUT2D eigenvalue weighted by atomic mass is 16.5. The number of rotatable bonds is 2. The van der Waals surface area contributed by atoms with E-state index in [1.807, 2.05) is 0 Å². The van der Waals surface area contributed by atoms with Gasteiger partial charge in [-0.2, -0.15) is 0 Å². The second-order valence-corrected chi connectivity index (χ2v) is 4.15. The highest BCUT2D eigenvalue weighted by molar-refractivity contribution is 5.79. The van der Waals surface area contributed by atoms with Crippen molar-refractivity contribution in [3.63, 3.8) is 0 Å². The predicted molar refractivity (Wildman–Crippen MR) is 55.4 cm³/mol. The minimum atomic E-state index is -0.284. The van der Waals surface area contributed by atoms with Crippen LogP contribution in [0.4, 0.5) is 0 Å². The average Bonchev–Trinajstić information content (AvgIpc) is 2.30. The number of hydrogen-bond donors (Lipinski definition) is 1. The lowest BCUT2D eigenvalue weighted by Crippen LogP contribution is -2.52. The standard InChI is InChI=1S/C10H18N3O2/c11-10(14)9-7-8(1-2-12-9)13-3-5-15-6-4-13/h8-9H,1-7H2,(H2,11,14). The lowest BCUT2D eigenvalue weighted by Gasteiger charge is -2.38. The van der Waals surface area contributed by atoms with E-state index >= 15 is 0 Å². The van der Waals surface area contributed by atoms with Gasteiger partial charge in [0.05, 0.1) is 13.2 Å². The van der Waals surface area contributed by atoms with Crippen molar-refractivity contribution in [3.8, 4) is 0 Å². The van der Waals surface area contributed by atoms with Crippen LogP contribution >= 0.6 is 0 Å². The van der Waals surface area contributed by atoms with Crippen LogP contribution < -0.4 is 11.1 Å². The molecule has 0 spiro atoms. The number of amides is 1. The Balaban J connectivity index is 1.88. The Morgan fingerprint density at radius 1 is 1.40 bits per heavy atom. The van der Waals surface area contributed by atoms with Crippen molar-refractivity contribution in [2.45, 2.75) is 24.9 Å². The molecule has 1 amide bonds. The Kier molecular flexibility index (Phi) is 3.56. The molecule has 0 aromatic heterocycles. The molecule has 0 bridgehead atoms. The molecule has 2 atom stereocenters. The first-order valence-electron chi connectivity index (χ1n) is 5.55. The van der Waals surface area contributed by atoms with Crippen molar-refractivity contribution in [1.29, 1.82) is 0 Å². The summed E-state index contributed by atoms with van der Waals surface area (Å²) >= 11 is 0. The highest BCUT2D eigenvalue weighted by Crippen LogP contribution is 2.17. The van der Waals surface area contributed by atoms with E-state index < -0.39 is 0 Å². The maximum Gasteiger partial charge on any atom is 0.236 e. The summed E-state index contributed by atoms with van der Waals surface area (Å²) in [6.07, 6.45) is 1.83. The summed E-state index contributed by atoms with van der Waals surface area (Å²) in [7, 11) is 0. The van der Waals surface area contributed by atoms with Crippen LogP contribution in [0.5, 0.6) is 0 Å². The summed E-state index contributed by atoms with van der Waals surface area (Å²) in [5.74, 6) is -0.284. The van der Waals surface area contributed by atoms with Gasteiger partial charge in [0.2, 0.25) is 5.91 Å².